The molecule has 0 unspecified atom stereocenters. The number of carbonyl (C=O) groups is 1. The van der Waals surface area contributed by atoms with Crippen molar-refractivity contribution in [3.63, 3.8) is 0 Å². The molecule has 5 rings (SSSR count). The zero-order valence-corrected chi connectivity index (χ0v) is 19.2. The Morgan fingerprint density at radius 2 is 2.06 bits per heavy atom. The van der Waals surface area contributed by atoms with Gasteiger partial charge in [0.2, 0.25) is 5.13 Å². The van der Waals surface area contributed by atoms with E-state index in [0.29, 0.717) is 11.2 Å². The topological polar surface area (TPSA) is 103 Å². The van der Waals surface area contributed by atoms with Crippen molar-refractivity contribution >= 4 is 39.5 Å². The number of hydrogen-bond acceptors (Lipinski definition) is 7. The van der Waals surface area contributed by atoms with E-state index in [1.54, 1.807) is 6.33 Å². The van der Waals surface area contributed by atoms with Gasteiger partial charge in [0, 0.05) is 50.3 Å². The van der Waals surface area contributed by atoms with Crippen molar-refractivity contribution in [3.8, 4) is 0 Å². The number of anilines is 2. The van der Waals surface area contributed by atoms with Crippen molar-refractivity contribution in [2.45, 2.75) is 46.1 Å². The Morgan fingerprint density at radius 1 is 1.32 bits per heavy atom. The van der Waals surface area contributed by atoms with Crippen LogP contribution in [-0.2, 0) is 6.42 Å². The third kappa shape index (κ3) is 3.24. The number of nitrogens with one attached hydrogen (secondary N) is 2. The Bertz CT molecular complexity index is 1110. The van der Waals surface area contributed by atoms with E-state index in [2.05, 4.69) is 55.4 Å². The Balaban J connectivity index is 1.30. The molecule has 4 heterocycles. The molecule has 2 fully saturated rings. The van der Waals surface area contributed by atoms with E-state index in [-0.39, 0.29) is 16.9 Å². The largest absolute Gasteiger partial charge is 0.356 e. The van der Waals surface area contributed by atoms with Gasteiger partial charge in [-0.25, -0.2) is 19.7 Å². The van der Waals surface area contributed by atoms with Crippen molar-refractivity contribution in [1.82, 2.24) is 29.2 Å². The first-order chi connectivity index (χ1) is 14.8. The molecule has 3 aromatic rings. The van der Waals surface area contributed by atoms with Crippen molar-refractivity contribution in [1.29, 1.82) is 0 Å². The molecule has 2 N–H and O–H groups in total. The number of nitrogens with zero attached hydrogens (tertiary/aromatic N) is 6. The first-order valence-corrected chi connectivity index (χ1v) is 11.5. The summed E-state index contributed by atoms with van der Waals surface area (Å²) in [6.45, 7) is 8.12. The van der Waals surface area contributed by atoms with Crippen LogP contribution >= 0.6 is 11.5 Å². The minimum atomic E-state index is -0.0783. The van der Waals surface area contributed by atoms with Crippen LogP contribution in [0.5, 0.6) is 0 Å². The van der Waals surface area contributed by atoms with Crippen LogP contribution < -0.4 is 10.2 Å². The zero-order chi connectivity index (χ0) is 21.8. The van der Waals surface area contributed by atoms with Gasteiger partial charge in [0.1, 0.15) is 23.6 Å². The van der Waals surface area contributed by atoms with Gasteiger partial charge in [0.25, 0.3) is 0 Å². The summed E-state index contributed by atoms with van der Waals surface area (Å²) in [6, 6.07) is 2.32. The Kier molecular flexibility index (Phi) is 4.65. The molecule has 0 bridgehead atoms. The molecule has 2 aliphatic rings. The van der Waals surface area contributed by atoms with Crippen LogP contribution in [0.3, 0.4) is 0 Å². The Hall–Kier alpha value is -2.75. The third-order valence-electron chi connectivity index (χ3n) is 7.41. The first kappa shape index (κ1) is 20.2. The fourth-order valence-electron chi connectivity index (χ4n) is 5.36. The maximum absolute atomic E-state index is 12.9. The molecule has 2 amide bonds. The lowest BCUT2D eigenvalue weighted by atomic mass is 9.71. The van der Waals surface area contributed by atoms with Crippen LogP contribution in [0.1, 0.15) is 39.4 Å². The maximum Gasteiger partial charge on any atom is 0.323 e. The minimum absolute atomic E-state index is 0.0449. The number of aryl methyl sites for hydroxylation is 1. The molecule has 9 nitrogen and oxygen atoms in total. The predicted octanol–water partition coefficient (Wildman–Crippen LogP) is 3.53. The number of urea groups is 1. The molecule has 1 saturated heterocycles. The molecule has 1 saturated carbocycles. The monoisotopic (exact) mass is 440 g/mol. The summed E-state index contributed by atoms with van der Waals surface area (Å²) in [7, 11) is 2.12. The lowest BCUT2D eigenvalue weighted by molar-refractivity contribution is 0.184. The maximum atomic E-state index is 12.9. The number of carbonyl (C=O) groups excluding carboxylic acids is 1. The second-order valence-corrected chi connectivity index (χ2v) is 10.1. The van der Waals surface area contributed by atoms with Crippen molar-refractivity contribution in [2.24, 2.45) is 10.8 Å². The number of aromatic amines is 1. The Morgan fingerprint density at radius 3 is 2.74 bits per heavy atom. The van der Waals surface area contributed by atoms with Crippen LogP contribution in [0.4, 0.5) is 15.7 Å². The minimum Gasteiger partial charge on any atom is -0.356 e. The standard InChI is InChI=1S/C21H28N8OS/c1-5-15-25-18(31-27-15)26-19(30)29-10-20(2)8-13(9-21(20,3)11-29)28(4)17-14-6-7-22-16(14)23-12-24-17/h6-7,12-13H,5,8-11H2,1-4H3,(H,22,23,24)(H,25,26,27,30)/t13-,20+,21-. The van der Waals surface area contributed by atoms with E-state index in [0.717, 1.165) is 55.0 Å². The number of likely N-dealkylation sites (tertiary alicyclic amines) is 1. The molecule has 10 heteroatoms. The third-order valence-corrected chi connectivity index (χ3v) is 8.08. The highest BCUT2D eigenvalue weighted by Crippen LogP contribution is 2.58. The molecule has 3 aromatic heterocycles. The summed E-state index contributed by atoms with van der Waals surface area (Å²) in [5.74, 6) is 1.73. The van der Waals surface area contributed by atoms with Gasteiger partial charge >= 0.3 is 6.03 Å². The molecule has 31 heavy (non-hydrogen) atoms. The van der Waals surface area contributed by atoms with Gasteiger partial charge < -0.3 is 14.8 Å². The number of fused-ring (bicyclic) bond motifs is 2. The number of H-pyrrole nitrogens is 1. The number of aromatic nitrogens is 5. The average Bonchev–Trinajstić information content (AvgIpc) is 3.48. The summed E-state index contributed by atoms with van der Waals surface area (Å²) >= 11 is 1.24. The van der Waals surface area contributed by atoms with Crippen LogP contribution in [0.15, 0.2) is 18.6 Å². The number of amides is 2. The van der Waals surface area contributed by atoms with Gasteiger partial charge in [-0.05, 0) is 29.7 Å². The van der Waals surface area contributed by atoms with Gasteiger partial charge in [-0.3, -0.25) is 5.32 Å². The smallest absolute Gasteiger partial charge is 0.323 e. The molecule has 0 aromatic carbocycles. The van der Waals surface area contributed by atoms with E-state index in [9.17, 15) is 4.79 Å². The summed E-state index contributed by atoms with van der Waals surface area (Å²) < 4.78 is 4.25. The van der Waals surface area contributed by atoms with Gasteiger partial charge in [0.15, 0.2) is 0 Å². The van der Waals surface area contributed by atoms with Crippen LogP contribution in [0, 0.1) is 10.8 Å². The highest BCUT2D eigenvalue weighted by Gasteiger charge is 2.59. The SMILES string of the molecule is CCc1nsc(NC(=O)N2C[C@]3(C)C[C@@H](N(C)c4ncnc5[nH]ccc45)C[C@]3(C)C2)n1. The second kappa shape index (κ2) is 7.15. The molecular weight excluding hydrogens is 412 g/mol. The molecule has 0 radical (unpaired) electrons. The van der Waals surface area contributed by atoms with Crippen molar-refractivity contribution < 1.29 is 4.79 Å². The van der Waals surface area contributed by atoms with Crippen molar-refractivity contribution in [3.05, 3.63) is 24.4 Å². The summed E-state index contributed by atoms with van der Waals surface area (Å²) in [5.41, 5.74) is 0.949. The normalized spacial score (nSPS) is 27.6. The van der Waals surface area contributed by atoms with Crippen LogP contribution in [0.25, 0.3) is 11.0 Å². The lowest BCUT2D eigenvalue weighted by Gasteiger charge is -2.31. The van der Waals surface area contributed by atoms with Gasteiger partial charge in [-0.1, -0.05) is 20.8 Å². The summed E-state index contributed by atoms with van der Waals surface area (Å²) in [5, 5.41) is 4.56. The van der Waals surface area contributed by atoms with E-state index in [1.807, 2.05) is 24.1 Å². The van der Waals surface area contributed by atoms with Crippen molar-refractivity contribution in [2.75, 3.05) is 30.4 Å². The van der Waals surface area contributed by atoms with E-state index < -0.39 is 0 Å². The Labute approximate surface area is 185 Å². The second-order valence-electron chi connectivity index (χ2n) is 9.39. The fraction of sp³-hybridized carbons (Fsp3) is 0.571. The molecule has 1 aliphatic carbocycles. The van der Waals surface area contributed by atoms with E-state index in [1.165, 1.54) is 11.5 Å². The fourth-order valence-corrected chi connectivity index (χ4v) is 6.00. The van der Waals surface area contributed by atoms with Crippen LogP contribution in [0.2, 0.25) is 0 Å². The first-order valence-electron chi connectivity index (χ1n) is 10.7. The molecule has 164 valence electrons. The summed E-state index contributed by atoms with van der Waals surface area (Å²) in [4.78, 5) is 33.6. The van der Waals surface area contributed by atoms with Crippen LogP contribution in [-0.4, -0.2) is 61.4 Å². The predicted molar refractivity (Wildman–Crippen MR) is 121 cm³/mol. The quantitative estimate of drug-likeness (QED) is 0.643. The number of rotatable bonds is 4. The van der Waals surface area contributed by atoms with E-state index >= 15 is 0 Å². The molecule has 1 aliphatic heterocycles. The van der Waals surface area contributed by atoms with E-state index in [4.69, 9.17) is 0 Å². The van der Waals surface area contributed by atoms with Gasteiger partial charge in [0.05, 0.1) is 5.39 Å². The molecule has 0 spiro atoms. The number of hydrogen-bond donors (Lipinski definition) is 2. The average molecular weight is 441 g/mol. The van der Waals surface area contributed by atoms with Gasteiger partial charge in [-0.15, -0.1) is 0 Å². The lowest BCUT2D eigenvalue weighted by Crippen LogP contribution is -2.38. The molecule has 3 atom stereocenters. The highest BCUT2D eigenvalue weighted by molar-refractivity contribution is 7.09. The highest BCUT2D eigenvalue weighted by atomic mass is 32.1. The van der Waals surface area contributed by atoms with Gasteiger partial charge in [-0.2, -0.15) is 4.37 Å². The molecular formula is C21H28N8OS. The zero-order valence-electron chi connectivity index (χ0n) is 18.3. The summed E-state index contributed by atoms with van der Waals surface area (Å²) in [6.07, 6.45) is 6.31.